The van der Waals surface area contributed by atoms with Crippen molar-refractivity contribution in [2.75, 3.05) is 18.4 Å². The number of nitrogens with one attached hydrogen (secondary N) is 1. The van der Waals surface area contributed by atoms with Crippen molar-refractivity contribution >= 4 is 22.4 Å². The van der Waals surface area contributed by atoms with E-state index in [4.69, 9.17) is 4.98 Å². The van der Waals surface area contributed by atoms with Gasteiger partial charge in [-0.05, 0) is 38.1 Å². The number of carbonyl (C=O) groups excluding carboxylic acids is 1. The molecule has 1 aliphatic heterocycles. The first-order valence-corrected chi connectivity index (χ1v) is 10.2. The second-order valence-electron chi connectivity index (χ2n) is 6.81. The van der Waals surface area contributed by atoms with Gasteiger partial charge in [0.25, 0.3) is 5.91 Å². The van der Waals surface area contributed by atoms with Crippen molar-refractivity contribution in [3.05, 3.63) is 71.1 Å². The van der Waals surface area contributed by atoms with Gasteiger partial charge in [-0.25, -0.2) is 4.98 Å². The fraction of sp³-hybridized carbons (Fsp3) is 0.273. The molecule has 4 nitrogen and oxygen atoms in total. The van der Waals surface area contributed by atoms with Crippen molar-refractivity contribution < 1.29 is 4.79 Å². The van der Waals surface area contributed by atoms with Crippen molar-refractivity contribution in [3.63, 3.8) is 0 Å². The summed E-state index contributed by atoms with van der Waals surface area (Å²) in [5.74, 6) is -0.117. The molecule has 4 rings (SSSR count). The summed E-state index contributed by atoms with van der Waals surface area (Å²) in [5, 5.41) is 3.64. The molecule has 138 valence electrons. The molecule has 0 saturated carbocycles. The second kappa shape index (κ2) is 8.46. The number of hydrogen-bond donors (Lipinski definition) is 1. The molecule has 0 aliphatic carbocycles. The van der Waals surface area contributed by atoms with E-state index in [9.17, 15) is 4.79 Å². The lowest BCUT2D eigenvalue weighted by Crippen LogP contribution is -2.28. The SMILES string of the molecule is O=C(Nc1nc(-c2ccccc2)c(CN2CCCCC2)s1)c1ccccc1. The molecule has 0 bridgehead atoms. The van der Waals surface area contributed by atoms with Crippen LogP contribution in [0.4, 0.5) is 5.13 Å². The van der Waals surface area contributed by atoms with E-state index >= 15 is 0 Å². The highest BCUT2D eigenvalue weighted by Gasteiger charge is 2.19. The Morgan fingerprint density at radius 2 is 1.63 bits per heavy atom. The zero-order chi connectivity index (χ0) is 18.5. The van der Waals surface area contributed by atoms with Gasteiger partial charge in [-0.2, -0.15) is 0 Å². The third-order valence-electron chi connectivity index (χ3n) is 4.82. The molecular formula is C22H23N3OS. The molecule has 0 unspecified atom stereocenters. The molecule has 0 spiro atoms. The van der Waals surface area contributed by atoms with Crippen LogP contribution in [0, 0.1) is 0 Å². The first-order valence-electron chi connectivity index (χ1n) is 9.43. The first kappa shape index (κ1) is 17.9. The van der Waals surface area contributed by atoms with Gasteiger partial charge in [0.2, 0.25) is 0 Å². The standard InChI is InChI=1S/C22H23N3OS/c26-21(18-12-6-2-7-13-18)24-22-23-20(17-10-4-1-5-11-17)19(27-22)16-25-14-8-3-9-15-25/h1-2,4-7,10-13H,3,8-9,14-16H2,(H,23,24,26). The van der Waals surface area contributed by atoms with Gasteiger partial charge in [-0.3, -0.25) is 15.0 Å². The van der Waals surface area contributed by atoms with Crippen molar-refractivity contribution in [1.82, 2.24) is 9.88 Å². The van der Waals surface area contributed by atoms with E-state index in [1.807, 2.05) is 48.5 Å². The summed E-state index contributed by atoms with van der Waals surface area (Å²) in [6.07, 6.45) is 3.84. The summed E-state index contributed by atoms with van der Waals surface area (Å²) in [5.41, 5.74) is 2.72. The normalized spacial score (nSPS) is 14.8. The molecule has 1 aliphatic rings. The molecule has 1 saturated heterocycles. The van der Waals surface area contributed by atoms with Crippen LogP contribution in [0.25, 0.3) is 11.3 Å². The zero-order valence-electron chi connectivity index (χ0n) is 15.2. The van der Waals surface area contributed by atoms with E-state index in [-0.39, 0.29) is 5.91 Å². The van der Waals surface area contributed by atoms with Gasteiger partial charge < -0.3 is 0 Å². The fourth-order valence-corrected chi connectivity index (χ4v) is 4.43. The molecule has 0 atom stereocenters. The minimum atomic E-state index is -0.117. The van der Waals surface area contributed by atoms with Gasteiger partial charge in [0.1, 0.15) is 0 Å². The van der Waals surface area contributed by atoms with Crippen LogP contribution in [-0.2, 0) is 6.54 Å². The fourth-order valence-electron chi connectivity index (χ4n) is 3.41. The van der Waals surface area contributed by atoms with E-state index in [0.29, 0.717) is 10.7 Å². The van der Waals surface area contributed by atoms with Crippen molar-refractivity contribution in [2.45, 2.75) is 25.8 Å². The topological polar surface area (TPSA) is 45.2 Å². The molecule has 5 heteroatoms. The molecule has 3 aromatic rings. The Hall–Kier alpha value is -2.50. The Balaban J connectivity index is 1.60. The third-order valence-corrected chi connectivity index (χ3v) is 5.77. The van der Waals surface area contributed by atoms with Crippen molar-refractivity contribution in [2.24, 2.45) is 0 Å². The number of nitrogens with zero attached hydrogens (tertiary/aromatic N) is 2. The molecule has 1 N–H and O–H groups in total. The Bertz CT molecular complexity index is 886. The number of thiazole rings is 1. The monoisotopic (exact) mass is 377 g/mol. The molecule has 0 radical (unpaired) electrons. The highest BCUT2D eigenvalue weighted by molar-refractivity contribution is 7.16. The lowest BCUT2D eigenvalue weighted by molar-refractivity contribution is 0.102. The zero-order valence-corrected chi connectivity index (χ0v) is 16.0. The number of amides is 1. The summed E-state index contributed by atoms with van der Waals surface area (Å²) >= 11 is 1.59. The summed E-state index contributed by atoms with van der Waals surface area (Å²) < 4.78 is 0. The van der Waals surface area contributed by atoms with Crippen LogP contribution in [0.3, 0.4) is 0 Å². The number of piperidine rings is 1. The van der Waals surface area contributed by atoms with Crippen LogP contribution in [0.15, 0.2) is 60.7 Å². The molecule has 2 heterocycles. The van der Waals surface area contributed by atoms with Crippen LogP contribution in [0.1, 0.15) is 34.5 Å². The minimum Gasteiger partial charge on any atom is -0.298 e. The van der Waals surface area contributed by atoms with E-state index in [1.165, 1.54) is 24.1 Å². The maximum Gasteiger partial charge on any atom is 0.257 e. The second-order valence-corrected chi connectivity index (χ2v) is 7.90. The van der Waals surface area contributed by atoms with Crippen LogP contribution in [0.5, 0.6) is 0 Å². The number of benzene rings is 2. The van der Waals surface area contributed by atoms with Crippen LogP contribution < -0.4 is 5.32 Å². The Kier molecular flexibility index (Phi) is 5.61. The van der Waals surface area contributed by atoms with E-state index < -0.39 is 0 Å². The Morgan fingerprint density at radius 3 is 2.33 bits per heavy atom. The van der Waals surface area contributed by atoms with Gasteiger partial charge in [0, 0.05) is 22.5 Å². The molecule has 1 aromatic heterocycles. The average Bonchev–Trinajstić information content (AvgIpc) is 3.12. The largest absolute Gasteiger partial charge is 0.298 e. The number of carbonyl (C=O) groups is 1. The number of aromatic nitrogens is 1. The molecule has 1 fully saturated rings. The maximum atomic E-state index is 12.5. The quantitative estimate of drug-likeness (QED) is 0.677. The van der Waals surface area contributed by atoms with E-state index in [2.05, 4.69) is 22.3 Å². The van der Waals surface area contributed by atoms with Crippen LogP contribution in [-0.4, -0.2) is 28.9 Å². The molecule has 1 amide bonds. The summed E-state index contributed by atoms with van der Waals surface area (Å²) in [7, 11) is 0. The molecule has 2 aromatic carbocycles. The van der Waals surface area contributed by atoms with E-state index in [0.717, 1.165) is 30.9 Å². The van der Waals surface area contributed by atoms with Gasteiger partial charge in [-0.1, -0.05) is 66.3 Å². The van der Waals surface area contributed by atoms with Gasteiger partial charge in [-0.15, -0.1) is 0 Å². The van der Waals surface area contributed by atoms with Crippen molar-refractivity contribution in [1.29, 1.82) is 0 Å². The lowest BCUT2D eigenvalue weighted by atomic mass is 10.1. The van der Waals surface area contributed by atoms with Gasteiger partial charge in [0.05, 0.1) is 5.69 Å². The predicted molar refractivity (Wildman–Crippen MR) is 111 cm³/mol. The summed E-state index contributed by atoms with van der Waals surface area (Å²) in [6, 6.07) is 19.5. The highest BCUT2D eigenvalue weighted by Crippen LogP contribution is 2.33. The maximum absolute atomic E-state index is 12.5. The van der Waals surface area contributed by atoms with Crippen LogP contribution >= 0.6 is 11.3 Å². The third kappa shape index (κ3) is 4.43. The van der Waals surface area contributed by atoms with Gasteiger partial charge in [0.15, 0.2) is 5.13 Å². The van der Waals surface area contributed by atoms with Crippen molar-refractivity contribution in [3.8, 4) is 11.3 Å². The van der Waals surface area contributed by atoms with Crippen LogP contribution in [0.2, 0.25) is 0 Å². The predicted octanol–water partition coefficient (Wildman–Crippen LogP) is 5.05. The van der Waals surface area contributed by atoms with E-state index in [1.54, 1.807) is 11.3 Å². The average molecular weight is 378 g/mol. The first-order chi connectivity index (χ1) is 13.3. The molecular weight excluding hydrogens is 354 g/mol. The Morgan fingerprint density at radius 1 is 0.963 bits per heavy atom. The van der Waals surface area contributed by atoms with Gasteiger partial charge >= 0.3 is 0 Å². The Labute approximate surface area is 163 Å². The number of hydrogen-bond acceptors (Lipinski definition) is 4. The lowest BCUT2D eigenvalue weighted by Gasteiger charge is -2.26. The minimum absolute atomic E-state index is 0.117. The number of rotatable bonds is 5. The number of anilines is 1. The smallest absolute Gasteiger partial charge is 0.257 e. The highest BCUT2D eigenvalue weighted by atomic mass is 32.1. The number of likely N-dealkylation sites (tertiary alicyclic amines) is 1. The summed E-state index contributed by atoms with van der Waals surface area (Å²) in [4.78, 5) is 21.0. The summed E-state index contributed by atoms with van der Waals surface area (Å²) in [6.45, 7) is 3.17. The molecule has 27 heavy (non-hydrogen) atoms.